The number of rotatable bonds is 5. The second-order valence-electron chi connectivity index (χ2n) is 9.57. The predicted molar refractivity (Wildman–Crippen MR) is 134 cm³/mol. The highest BCUT2D eigenvalue weighted by Crippen LogP contribution is 2.50. The van der Waals surface area contributed by atoms with E-state index in [9.17, 15) is 10.1 Å². The van der Waals surface area contributed by atoms with Gasteiger partial charge in [-0.2, -0.15) is 10.5 Å². The lowest BCUT2D eigenvalue weighted by molar-refractivity contribution is -0.149. The molecule has 2 fully saturated rings. The lowest BCUT2D eigenvalue weighted by Gasteiger charge is -2.45. The summed E-state index contributed by atoms with van der Waals surface area (Å²) in [6.07, 6.45) is 4.31. The zero-order valence-electron chi connectivity index (χ0n) is 20.2. The number of esters is 1. The highest BCUT2D eigenvalue weighted by atomic mass is 16.5. The third-order valence-electron chi connectivity index (χ3n) is 7.57. The minimum absolute atomic E-state index is 0.00604. The number of ether oxygens (including phenoxy) is 1. The van der Waals surface area contributed by atoms with Gasteiger partial charge in [-0.15, -0.1) is 0 Å². The van der Waals surface area contributed by atoms with Crippen LogP contribution < -0.4 is 0 Å². The lowest BCUT2D eigenvalue weighted by atomic mass is 9.59. The van der Waals surface area contributed by atoms with Crippen LogP contribution in [-0.2, 0) is 14.9 Å². The van der Waals surface area contributed by atoms with E-state index in [0.29, 0.717) is 12.1 Å². The molecule has 0 amide bonds. The van der Waals surface area contributed by atoms with Gasteiger partial charge in [-0.3, -0.25) is 9.69 Å². The predicted octanol–water partition coefficient (Wildman–Crippen LogP) is 4.82. The maximum atomic E-state index is 11.8. The Balaban J connectivity index is 1.49. The van der Waals surface area contributed by atoms with Crippen molar-refractivity contribution in [3.63, 3.8) is 0 Å². The van der Waals surface area contributed by atoms with Gasteiger partial charge < -0.3 is 4.74 Å². The number of benzene rings is 2. The Morgan fingerprint density at radius 1 is 1.00 bits per heavy atom. The number of nitriles is 2. The van der Waals surface area contributed by atoms with Crippen LogP contribution >= 0.6 is 0 Å². The smallest absolute Gasteiger partial charge is 0.302 e. The maximum absolute atomic E-state index is 11.8. The molecule has 2 aliphatic rings. The van der Waals surface area contributed by atoms with Crippen LogP contribution in [0.15, 0.2) is 54.6 Å². The zero-order chi connectivity index (χ0) is 24.7. The monoisotopic (exact) mass is 465 g/mol. The minimum Gasteiger partial charge on any atom is -0.462 e. The highest BCUT2D eigenvalue weighted by Gasteiger charge is 2.53. The molecule has 1 aliphatic heterocycles. The first-order valence-corrected chi connectivity index (χ1v) is 12.4. The SMILES string of the molecule is CC(=O)O[C@@H]1CCC[C@H]1C(C#N)(c1ccccc1)C1CCN(CC#Cc2ccc(C#N)cc2)CC1. The largest absolute Gasteiger partial charge is 0.462 e. The fourth-order valence-electron chi connectivity index (χ4n) is 5.93. The molecule has 0 aromatic heterocycles. The van der Waals surface area contributed by atoms with E-state index in [0.717, 1.165) is 56.3 Å². The van der Waals surface area contributed by atoms with Crippen molar-refractivity contribution in [2.75, 3.05) is 19.6 Å². The van der Waals surface area contributed by atoms with Gasteiger partial charge in [0, 0.05) is 18.4 Å². The normalized spacial score (nSPS) is 22.1. The Morgan fingerprint density at radius 2 is 1.69 bits per heavy atom. The van der Waals surface area contributed by atoms with Crippen LogP contribution in [0.5, 0.6) is 0 Å². The van der Waals surface area contributed by atoms with Gasteiger partial charge in [0.2, 0.25) is 0 Å². The van der Waals surface area contributed by atoms with E-state index in [1.54, 1.807) is 12.1 Å². The summed E-state index contributed by atoms with van der Waals surface area (Å²) in [5.74, 6) is 6.38. The average molecular weight is 466 g/mol. The van der Waals surface area contributed by atoms with Gasteiger partial charge in [0.25, 0.3) is 0 Å². The summed E-state index contributed by atoms with van der Waals surface area (Å²) in [4.78, 5) is 14.2. The van der Waals surface area contributed by atoms with Crippen molar-refractivity contribution in [3.05, 3.63) is 71.3 Å². The Bertz CT molecular complexity index is 1160. The van der Waals surface area contributed by atoms with Crippen molar-refractivity contribution in [1.29, 1.82) is 10.5 Å². The van der Waals surface area contributed by atoms with Crippen molar-refractivity contribution >= 4 is 5.97 Å². The van der Waals surface area contributed by atoms with Gasteiger partial charge in [-0.1, -0.05) is 42.2 Å². The quantitative estimate of drug-likeness (QED) is 0.468. The van der Waals surface area contributed by atoms with Crippen molar-refractivity contribution in [2.45, 2.75) is 50.5 Å². The minimum atomic E-state index is -0.669. The summed E-state index contributed by atoms with van der Waals surface area (Å²) in [6.45, 7) is 3.91. The molecule has 35 heavy (non-hydrogen) atoms. The van der Waals surface area contributed by atoms with E-state index in [1.807, 2.05) is 30.3 Å². The zero-order valence-corrected chi connectivity index (χ0v) is 20.2. The van der Waals surface area contributed by atoms with E-state index < -0.39 is 5.41 Å². The molecule has 1 aliphatic carbocycles. The second kappa shape index (κ2) is 11.2. The summed E-state index contributed by atoms with van der Waals surface area (Å²) in [5.41, 5.74) is 1.92. The number of carbonyl (C=O) groups excluding carboxylic acids is 1. The summed E-state index contributed by atoms with van der Waals surface area (Å²) in [5, 5.41) is 19.7. The average Bonchev–Trinajstić information content (AvgIpc) is 3.34. The van der Waals surface area contributed by atoms with Gasteiger partial charge in [0.05, 0.1) is 29.7 Å². The standard InChI is InChI=1S/C30H31N3O2/c1-23(34)35-29-11-5-10-28(29)30(22-32,26-8-3-2-4-9-26)27-16-19-33(20-17-27)18-6-7-24-12-14-25(21-31)15-13-24/h2-4,8-9,12-15,27-29H,5,10-11,16-20H2,1H3/t28-,29-,30?/m1/s1. The summed E-state index contributed by atoms with van der Waals surface area (Å²) >= 11 is 0. The van der Waals surface area contributed by atoms with Crippen LogP contribution in [-0.4, -0.2) is 36.6 Å². The fraction of sp³-hybridized carbons (Fsp3) is 0.433. The first-order chi connectivity index (χ1) is 17.1. The molecule has 1 unspecified atom stereocenters. The van der Waals surface area contributed by atoms with Crippen molar-refractivity contribution in [1.82, 2.24) is 4.90 Å². The van der Waals surface area contributed by atoms with Crippen LogP contribution in [0.1, 0.15) is 55.7 Å². The number of nitrogens with zero attached hydrogens (tertiary/aromatic N) is 3. The van der Waals surface area contributed by atoms with Gasteiger partial charge in [0.1, 0.15) is 6.10 Å². The fourth-order valence-corrected chi connectivity index (χ4v) is 5.93. The van der Waals surface area contributed by atoms with Crippen molar-refractivity contribution in [3.8, 4) is 24.0 Å². The number of piperidine rings is 1. The molecule has 0 N–H and O–H groups in total. The summed E-state index contributed by atoms with van der Waals surface area (Å²) in [7, 11) is 0. The molecule has 1 saturated carbocycles. The van der Waals surface area contributed by atoms with Gasteiger partial charge >= 0.3 is 5.97 Å². The van der Waals surface area contributed by atoms with Crippen molar-refractivity contribution < 1.29 is 9.53 Å². The highest BCUT2D eigenvalue weighted by molar-refractivity contribution is 5.66. The molecule has 3 atom stereocenters. The third kappa shape index (κ3) is 5.40. The molecule has 5 nitrogen and oxygen atoms in total. The van der Waals surface area contributed by atoms with E-state index in [-0.39, 0.29) is 23.9 Å². The van der Waals surface area contributed by atoms with Crippen LogP contribution in [0.3, 0.4) is 0 Å². The number of hydrogen-bond acceptors (Lipinski definition) is 5. The van der Waals surface area contributed by atoms with E-state index in [2.05, 4.69) is 41.0 Å². The van der Waals surface area contributed by atoms with Crippen LogP contribution in [0.25, 0.3) is 0 Å². The molecule has 2 aromatic carbocycles. The summed E-state index contributed by atoms with van der Waals surface area (Å²) in [6, 6.07) is 22.4. The van der Waals surface area contributed by atoms with Gasteiger partial charge in [-0.05, 0) is 80.9 Å². The Labute approximate surface area is 208 Å². The number of likely N-dealkylation sites (tertiary alicyclic amines) is 1. The molecule has 1 heterocycles. The van der Waals surface area contributed by atoms with E-state index in [1.165, 1.54) is 6.92 Å². The van der Waals surface area contributed by atoms with Crippen LogP contribution in [0.4, 0.5) is 0 Å². The Morgan fingerprint density at radius 3 is 2.31 bits per heavy atom. The first kappa shape index (κ1) is 24.5. The number of carbonyl (C=O) groups is 1. The van der Waals surface area contributed by atoms with E-state index >= 15 is 0 Å². The Hall–Kier alpha value is -3.59. The van der Waals surface area contributed by atoms with Crippen LogP contribution in [0.2, 0.25) is 0 Å². The molecule has 0 radical (unpaired) electrons. The Kier molecular flexibility index (Phi) is 7.87. The molecule has 178 valence electrons. The van der Waals surface area contributed by atoms with Gasteiger partial charge in [0.15, 0.2) is 0 Å². The van der Waals surface area contributed by atoms with Crippen LogP contribution in [0, 0.1) is 46.3 Å². The maximum Gasteiger partial charge on any atom is 0.302 e. The molecular weight excluding hydrogens is 434 g/mol. The summed E-state index contributed by atoms with van der Waals surface area (Å²) < 4.78 is 5.74. The number of hydrogen-bond donors (Lipinski definition) is 0. The van der Waals surface area contributed by atoms with E-state index in [4.69, 9.17) is 10.00 Å². The second-order valence-corrected chi connectivity index (χ2v) is 9.57. The molecular formula is C30H31N3O2. The molecule has 1 saturated heterocycles. The molecule has 0 spiro atoms. The van der Waals surface area contributed by atoms with Gasteiger partial charge in [-0.25, -0.2) is 0 Å². The van der Waals surface area contributed by atoms with Crippen molar-refractivity contribution in [2.24, 2.45) is 11.8 Å². The third-order valence-corrected chi connectivity index (χ3v) is 7.57. The topological polar surface area (TPSA) is 77.1 Å². The first-order valence-electron chi connectivity index (χ1n) is 12.4. The molecule has 4 rings (SSSR count). The lowest BCUT2D eigenvalue weighted by Crippen LogP contribution is -2.49. The molecule has 2 aromatic rings. The molecule has 5 heteroatoms. The molecule has 0 bridgehead atoms.